The molecule has 2 aromatic rings. The summed E-state index contributed by atoms with van der Waals surface area (Å²) in [5, 5.41) is 4.55. The quantitative estimate of drug-likeness (QED) is 0.910. The van der Waals surface area contributed by atoms with Crippen molar-refractivity contribution in [3.8, 4) is 5.75 Å². The molecule has 1 aliphatic carbocycles. The van der Waals surface area contributed by atoms with E-state index in [1.807, 2.05) is 26.0 Å². The Bertz CT molecular complexity index is 656. The fourth-order valence-electron chi connectivity index (χ4n) is 2.33. The predicted octanol–water partition coefficient (Wildman–Crippen LogP) is 3.93. The second-order valence-electron chi connectivity index (χ2n) is 5.66. The number of rotatable bonds is 4. The summed E-state index contributed by atoms with van der Waals surface area (Å²) in [6.07, 6.45) is 2.51. The highest BCUT2D eigenvalue weighted by atomic mass is 35.5. The minimum absolute atomic E-state index is 0. The first-order chi connectivity index (χ1) is 9.98. The number of aryl methyl sites for hydroxylation is 1. The van der Waals surface area contributed by atoms with Gasteiger partial charge in [0.2, 0.25) is 0 Å². The zero-order valence-electron chi connectivity index (χ0n) is 12.5. The van der Waals surface area contributed by atoms with Crippen molar-refractivity contribution < 1.29 is 9.26 Å². The average molecular weight is 344 g/mol. The van der Waals surface area contributed by atoms with Gasteiger partial charge >= 0.3 is 0 Å². The lowest BCUT2D eigenvalue weighted by atomic mass is 9.77. The van der Waals surface area contributed by atoms with Crippen LogP contribution in [0.4, 0.5) is 0 Å². The zero-order chi connectivity index (χ0) is 15.0. The molecule has 0 radical (unpaired) electrons. The van der Waals surface area contributed by atoms with Crippen LogP contribution < -0.4 is 10.5 Å². The van der Waals surface area contributed by atoms with Crippen molar-refractivity contribution in [2.45, 2.75) is 44.8 Å². The van der Waals surface area contributed by atoms with Crippen LogP contribution in [0.5, 0.6) is 5.75 Å². The van der Waals surface area contributed by atoms with E-state index in [0.29, 0.717) is 22.5 Å². The molecule has 5 nitrogen and oxygen atoms in total. The minimum atomic E-state index is -0.428. The first-order valence-electron chi connectivity index (χ1n) is 7.04. The molecule has 1 saturated carbocycles. The molecule has 0 aliphatic heterocycles. The van der Waals surface area contributed by atoms with Crippen LogP contribution in [-0.4, -0.2) is 10.1 Å². The summed E-state index contributed by atoms with van der Waals surface area (Å²) in [5.74, 6) is 1.59. The predicted molar refractivity (Wildman–Crippen MR) is 86.5 cm³/mol. The smallest absolute Gasteiger partial charge is 0.267 e. The van der Waals surface area contributed by atoms with Crippen LogP contribution in [0.25, 0.3) is 0 Å². The number of hydrogen-bond acceptors (Lipinski definition) is 5. The monoisotopic (exact) mass is 343 g/mol. The zero-order valence-corrected chi connectivity index (χ0v) is 14.1. The lowest BCUT2D eigenvalue weighted by Gasteiger charge is -2.34. The SMILES string of the molecule is Cc1ccc(Cl)c(OC(C)c2nc(C3(N)CCC3)no2)c1.Cl. The Kier molecular flexibility index (Phi) is 5.00. The molecule has 1 aromatic carbocycles. The topological polar surface area (TPSA) is 74.2 Å². The number of benzene rings is 1. The maximum atomic E-state index is 6.19. The van der Waals surface area contributed by atoms with Gasteiger partial charge in [-0.15, -0.1) is 12.4 Å². The minimum Gasteiger partial charge on any atom is -0.479 e. The van der Waals surface area contributed by atoms with E-state index in [4.69, 9.17) is 26.6 Å². The molecule has 1 unspecified atom stereocenters. The van der Waals surface area contributed by atoms with E-state index in [0.717, 1.165) is 24.8 Å². The molecule has 1 aliphatic rings. The molecule has 0 bridgehead atoms. The molecule has 0 spiro atoms. The van der Waals surface area contributed by atoms with E-state index in [2.05, 4.69) is 10.1 Å². The van der Waals surface area contributed by atoms with Crippen molar-refractivity contribution in [1.29, 1.82) is 0 Å². The van der Waals surface area contributed by atoms with Gasteiger partial charge in [0.15, 0.2) is 11.9 Å². The van der Waals surface area contributed by atoms with Crippen molar-refractivity contribution in [3.63, 3.8) is 0 Å². The Balaban J connectivity index is 0.00000176. The molecule has 120 valence electrons. The molecule has 2 N–H and O–H groups in total. The lowest BCUT2D eigenvalue weighted by Crippen LogP contribution is -2.44. The Hall–Kier alpha value is -1.30. The highest BCUT2D eigenvalue weighted by Crippen LogP contribution is 2.37. The highest BCUT2D eigenvalue weighted by Gasteiger charge is 2.39. The first-order valence-corrected chi connectivity index (χ1v) is 7.41. The van der Waals surface area contributed by atoms with Crippen molar-refractivity contribution >= 4 is 24.0 Å². The van der Waals surface area contributed by atoms with Gasteiger partial charge in [0, 0.05) is 0 Å². The van der Waals surface area contributed by atoms with E-state index >= 15 is 0 Å². The Morgan fingerprint density at radius 3 is 2.77 bits per heavy atom. The standard InChI is InChI=1S/C15H18ClN3O2.ClH/c1-9-4-5-11(16)12(8-9)20-10(2)13-18-14(19-21-13)15(17)6-3-7-15;/h4-5,8,10H,3,6-7,17H2,1-2H3;1H. The van der Waals surface area contributed by atoms with E-state index in [9.17, 15) is 0 Å². The average Bonchev–Trinajstić information content (AvgIpc) is 2.90. The summed E-state index contributed by atoms with van der Waals surface area (Å²) in [7, 11) is 0. The van der Waals surface area contributed by atoms with Gasteiger partial charge in [-0.2, -0.15) is 4.98 Å². The number of nitrogens with two attached hydrogens (primary N) is 1. The molecule has 1 atom stereocenters. The Morgan fingerprint density at radius 2 is 2.14 bits per heavy atom. The summed E-state index contributed by atoms with van der Waals surface area (Å²) in [5.41, 5.74) is 6.83. The van der Waals surface area contributed by atoms with Crippen LogP contribution in [0.3, 0.4) is 0 Å². The molecule has 3 rings (SSSR count). The number of hydrogen-bond donors (Lipinski definition) is 1. The molecular formula is C15H19Cl2N3O2. The van der Waals surface area contributed by atoms with Gasteiger partial charge in [-0.25, -0.2) is 0 Å². The van der Waals surface area contributed by atoms with Crippen molar-refractivity contribution in [2.24, 2.45) is 5.73 Å². The van der Waals surface area contributed by atoms with Crippen LogP contribution in [-0.2, 0) is 5.54 Å². The second-order valence-corrected chi connectivity index (χ2v) is 6.07. The fourth-order valence-corrected chi connectivity index (χ4v) is 2.49. The summed E-state index contributed by atoms with van der Waals surface area (Å²) in [6, 6.07) is 5.62. The van der Waals surface area contributed by atoms with Crippen molar-refractivity contribution in [1.82, 2.24) is 10.1 Å². The summed E-state index contributed by atoms with van der Waals surface area (Å²) >= 11 is 6.13. The molecule has 7 heteroatoms. The molecule has 0 amide bonds. The Morgan fingerprint density at radius 1 is 1.41 bits per heavy atom. The molecule has 1 aromatic heterocycles. The van der Waals surface area contributed by atoms with Crippen LogP contribution >= 0.6 is 24.0 Å². The van der Waals surface area contributed by atoms with E-state index in [1.165, 1.54) is 0 Å². The summed E-state index contributed by atoms with van der Waals surface area (Å²) in [6.45, 7) is 3.83. The van der Waals surface area contributed by atoms with Gasteiger partial charge in [-0.3, -0.25) is 0 Å². The fraction of sp³-hybridized carbons (Fsp3) is 0.467. The van der Waals surface area contributed by atoms with Crippen molar-refractivity contribution in [3.05, 3.63) is 40.5 Å². The van der Waals surface area contributed by atoms with Gasteiger partial charge < -0.3 is 15.0 Å². The Labute approximate surface area is 140 Å². The van der Waals surface area contributed by atoms with Crippen LogP contribution in [0.1, 0.15) is 49.6 Å². The van der Waals surface area contributed by atoms with Gasteiger partial charge in [0.1, 0.15) is 5.75 Å². The first kappa shape index (κ1) is 17.1. The molecule has 22 heavy (non-hydrogen) atoms. The molecule has 1 fully saturated rings. The van der Waals surface area contributed by atoms with Crippen LogP contribution in [0, 0.1) is 6.92 Å². The van der Waals surface area contributed by atoms with Gasteiger partial charge in [0.05, 0.1) is 10.6 Å². The summed E-state index contributed by atoms with van der Waals surface area (Å²) in [4.78, 5) is 4.38. The molecule has 1 heterocycles. The molecular weight excluding hydrogens is 325 g/mol. The van der Waals surface area contributed by atoms with E-state index in [-0.39, 0.29) is 18.5 Å². The third kappa shape index (κ3) is 3.21. The van der Waals surface area contributed by atoms with Crippen LogP contribution in [0.2, 0.25) is 5.02 Å². The third-order valence-electron chi connectivity index (χ3n) is 3.87. The van der Waals surface area contributed by atoms with Gasteiger partial charge in [0.25, 0.3) is 5.89 Å². The number of aromatic nitrogens is 2. The normalized spacial score (nSPS) is 17.3. The highest BCUT2D eigenvalue weighted by molar-refractivity contribution is 6.32. The maximum Gasteiger partial charge on any atom is 0.267 e. The van der Waals surface area contributed by atoms with Gasteiger partial charge in [-0.1, -0.05) is 22.8 Å². The van der Waals surface area contributed by atoms with Crippen LogP contribution in [0.15, 0.2) is 22.7 Å². The largest absolute Gasteiger partial charge is 0.479 e. The molecule has 0 saturated heterocycles. The van der Waals surface area contributed by atoms with E-state index < -0.39 is 5.54 Å². The number of ether oxygens (including phenoxy) is 1. The number of halogens is 2. The maximum absolute atomic E-state index is 6.19. The van der Waals surface area contributed by atoms with Gasteiger partial charge in [-0.05, 0) is 50.8 Å². The summed E-state index contributed by atoms with van der Waals surface area (Å²) < 4.78 is 11.1. The second kappa shape index (κ2) is 6.44. The third-order valence-corrected chi connectivity index (χ3v) is 4.18. The lowest BCUT2D eigenvalue weighted by molar-refractivity contribution is 0.174. The van der Waals surface area contributed by atoms with E-state index in [1.54, 1.807) is 6.07 Å². The van der Waals surface area contributed by atoms with Crippen molar-refractivity contribution in [2.75, 3.05) is 0 Å². The number of nitrogens with zero attached hydrogens (tertiary/aromatic N) is 2.